The summed E-state index contributed by atoms with van der Waals surface area (Å²) in [5.41, 5.74) is 23.4. The van der Waals surface area contributed by atoms with Crippen LogP contribution in [0.15, 0.2) is 108 Å². The highest BCUT2D eigenvalue weighted by Crippen LogP contribution is 2.65. The van der Waals surface area contributed by atoms with Crippen molar-refractivity contribution in [3.05, 3.63) is 131 Å². The van der Waals surface area contributed by atoms with Crippen molar-refractivity contribution in [1.82, 2.24) is 0 Å². The summed E-state index contributed by atoms with van der Waals surface area (Å²) >= 11 is 0. The molecule has 2 saturated carbocycles. The zero-order chi connectivity index (χ0) is 45.1. The summed E-state index contributed by atoms with van der Waals surface area (Å²) in [4.78, 5) is 8.40. The lowest BCUT2D eigenvalue weighted by Gasteiger charge is -2.53. The van der Waals surface area contributed by atoms with E-state index in [9.17, 15) is 0 Å². The van der Waals surface area contributed by atoms with Crippen molar-refractivity contribution in [2.24, 2.45) is 0 Å². The van der Waals surface area contributed by atoms with E-state index in [0.717, 1.165) is 11.2 Å². The van der Waals surface area contributed by atoms with Crippen LogP contribution in [0.2, 0.25) is 0 Å². The Balaban J connectivity index is 1.07. The Morgan fingerprint density at radius 2 is 1.14 bits per heavy atom. The second-order valence-corrected chi connectivity index (χ2v) is 24.2. The zero-order valence-corrected chi connectivity index (χ0v) is 40.7. The molecule has 14 rings (SSSR count). The van der Waals surface area contributed by atoms with E-state index in [1.54, 1.807) is 22.3 Å². The molecule has 0 bridgehead atoms. The van der Waals surface area contributed by atoms with Gasteiger partial charge in [0.1, 0.15) is 11.2 Å². The van der Waals surface area contributed by atoms with Gasteiger partial charge in [-0.05, 0) is 163 Å². The number of aryl methyl sites for hydroxylation is 1. The standard InChI is InChI=1S/C61H64BN3O/c1-37-32-49-54-50(33-37)65-55-40(58(6)26-12-15-29-61(58,65)9)19-16-20-45(55)62(54)44-25-24-38(34-48(44)63(49)46-21-17-23-52-53(46)39-18-10-11-22-51(39)66-52)64-47-36-42-41(56(2,3)30-31-57(42,4)5)35-43(47)59(7)27-13-14-28-60(59,64)8/h10-11,16-25,32-36H,12-15,26-31H2,1-9H3. The summed E-state index contributed by atoms with van der Waals surface area (Å²) in [6, 6.07) is 40.9. The van der Waals surface area contributed by atoms with Crippen molar-refractivity contribution in [3.8, 4) is 0 Å². The Bertz CT molecular complexity index is 3300. The molecule has 66 heavy (non-hydrogen) atoms. The fourth-order valence-electron chi connectivity index (χ4n) is 15.9. The molecular weight excluding hydrogens is 802 g/mol. The summed E-state index contributed by atoms with van der Waals surface area (Å²) in [7, 11) is 0. The lowest BCUT2D eigenvalue weighted by molar-refractivity contribution is 0.194. The molecular formula is C61H64BN3O. The number of anilines is 7. The Hall–Kier alpha value is -5.42. The van der Waals surface area contributed by atoms with Gasteiger partial charge in [0.2, 0.25) is 0 Å². The van der Waals surface area contributed by atoms with E-state index in [2.05, 4.69) is 180 Å². The van der Waals surface area contributed by atoms with Crippen LogP contribution in [0.5, 0.6) is 0 Å². The predicted octanol–water partition coefficient (Wildman–Crippen LogP) is 14.3. The number of hydrogen-bond acceptors (Lipinski definition) is 4. The van der Waals surface area contributed by atoms with E-state index in [-0.39, 0.29) is 39.5 Å². The Morgan fingerprint density at radius 1 is 0.485 bits per heavy atom. The fraction of sp³-hybridized carbons (Fsp3) is 0.410. The molecule has 4 nitrogen and oxygen atoms in total. The van der Waals surface area contributed by atoms with Crippen LogP contribution in [0.4, 0.5) is 39.8 Å². The lowest BCUT2D eigenvalue weighted by Crippen LogP contribution is -2.64. The SMILES string of the molecule is Cc1cc2c3c(c1)N1c4c(cccc4C4(C)CCCCC14C)B3c1ccc(N3c4cc5c(cc4C4(C)CCCCC34C)C(C)(C)CCC5(C)C)cc1N2c1cccc2oc3ccccc3c12. The first-order chi connectivity index (χ1) is 31.6. The van der Waals surface area contributed by atoms with Gasteiger partial charge in [-0.2, -0.15) is 0 Å². The van der Waals surface area contributed by atoms with Crippen LogP contribution in [-0.4, -0.2) is 17.8 Å². The normalized spacial score (nSPS) is 28.1. The van der Waals surface area contributed by atoms with Gasteiger partial charge in [-0.25, -0.2) is 0 Å². The summed E-state index contributed by atoms with van der Waals surface area (Å²) in [6.45, 7) is 22.8. The van der Waals surface area contributed by atoms with Gasteiger partial charge in [-0.1, -0.05) is 122 Å². The third-order valence-electron chi connectivity index (χ3n) is 20.0. The monoisotopic (exact) mass is 866 g/mol. The molecule has 0 saturated heterocycles. The van der Waals surface area contributed by atoms with E-state index in [1.165, 1.54) is 137 Å². The highest BCUT2D eigenvalue weighted by atomic mass is 16.3. The third kappa shape index (κ3) is 4.60. The smallest absolute Gasteiger partial charge is 0.252 e. The molecule has 6 aromatic carbocycles. The molecule has 4 atom stereocenters. The lowest BCUT2D eigenvalue weighted by atomic mass is 9.33. The molecule has 0 spiro atoms. The van der Waals surface area contributed by atoms with Gasteiger partial charge >= 0.3 is 0 Å². The Kier molecular flexibility index (Phi) is 7.56. The van der Waals surface area contributed by atoms with Crippen LogP contribution in [0.1, 0.15) is 147 Å². The maximum absolute atomic E-state index is 6.69. The molecule has 1 aromatic heterocycles. The Labute approximate surface area is 392 Å². The summed E-state index contributed by atoms with van der Waals surface area (Å²) < 4.78 is 6.69. The molecule has 7 aromatic rings. The number of para-hydroxylation sites is 2. The van der Waals surface area contributed by atoms with E-state index in [0.29, 0.717) is 0 Å². The second-order valence-electron chi connectivity index (χ2n) is 24.2. The van der Waals surface area contributed by atoms with Crippen molar-refractivity contribution in [1.29, 1.82) is 0 Å². The molecule has 5 heterocycles. The quantitative estimate of drug-likeness (QED) is 0.162. The maximum Gasteiger partial charge on any atom is 0.252 e. The Morgan fingerprint density at radius 3 is 1.91 bits per heavy atom. The fourth-order valence-corrected chi connectivity index (χ4v) is 15.9. The molecule has 0 amide bonds. The molecule has 4 aliphatic heterocycles. The topological polar surface area (TPSA) is 22.9 Å². The first kappa shape index (κ1) is 39.7. The number of rotatable bonds is 2. The van der Waals surface area contributed by atoms with Crippen molar-refractivity contribution in [2.45, 2.75) is 159 Å². The van der Waals surface area contributed by atoms with E-state index in [4.69, 9.17) is 4.42 Å². The first-order valence-corrected chi connectivity index (χ1v) is 25.5. The van der Waals surface area contributed by atoms with Gasteiger partial charge in [0.15, 0.2) is 0 Å². The minimum absolute atomic E-state index is 0.0137. The third-order valence-corrected chi connectivity index (χ3v) is 20.0. The summed E-state index contributed by atoms with van der Waals surface area (Å²) in [5, 5.41) is 2.35. The van der Waals surface area contributed by atoms with Crippen LogP contribution < -0.4 is 31.1 Å². The predicted molar refractivity (Wildman–Crippen MR) is 279 cm³/mol. The van der Waals surface area contributed by atoms with E-state index < -0.39 is 0 Å². The first-order valence-electron chi connectivity index (χ1n) is 25.5. The van der Waals surface area contributed by atoms with Crippen LogP contribution >= 0.6 is 0 Å². The number of benzene rings is 6. The number of nitrogens with zero attached hydrogens (tertiary/aromatic N) is 3. The van der Waals surface area contributed by atoms with E-state index in [1.807, 2.05) is 0 Å². The minimum Gasteiger partial charge on any atom is -0.456 e. The molecule has 7 aliphatic rings. The van der Waals surface area contributed by atoms with Gasteiger partial charge in [0.05, 0.1) is 22.2 Å². The molecule has 2 fully saturated rings. The van der Waals surface area contributed by atoms with E-state index >= 15 is 0 Å². The van der Waals surface area contributed by atoms with Crippen molar-refractivity contribution in [2.75, 3.05) is 14.7 Å². The van der Waals surface area contributed by atoms with Gasteiger partial charge < -0.3 is 19.1 Å². The molecule has 0 radical (unpaired) electrons. The second kappa shape index (κ2) is 12.6. The molecule has 0 N–H and O–H groups in total. The summed E-state index contributed by atoms with van der Waals surface area (Å²) in [5.74, 6) is 0. The highest BCUT2D eigenvalue weighted by Gasteiger charge is 2.62. The van der Waals surface area contributed by atoms with Crippen LogP contribution in [0.3, 0.4) is 0 Å². The van der Waals surface area contributed by atoms with Crippen LogP contribution in [0, 0.1) is 6.92 Å². The number of hydrogen-bond donors (Lipinski definition) is 0. The largest absolute Gasteiger partial charge is 0.456 e. The molecule has 332 valence electrons. The molecule has 5 heteroatoms. The van der Waals surface area contributed by atoms with Crippen molar-refractivity contribution >= 4 is 84.9 Å². The zero-order valence-electron chi connectivity index (χ0n) is 40.7. The molecule has 3 aliphatic carbocycles. The van der Waals surface area contributed by atoms with Gasteiger partial charge in [-0.3, -0.25) is 0 Å². The van der Waals surface area contributed by atoms with Crippen molar-refractivity contribution in [3.63, 3.8) is 0 Å². The average molecular weight is 866 g/mol. The highest BCUT2D eigenvalue weighted by molar-refractivity contribution is 7.00. The van der Waals surface area contributed by atoms with Crippen LogP contribution in [-0.2, 0) is 21.7 Å². The van der Waals surface area contributed by atoms with Crippen molar-refractivity contribution < 1.29 is 4.42 Å². The number of furan rings is 1. The van der Waals surface area contributed by atoms with Gasteiger partial charge in [0.25, 0.3) is 6.71 Å². The summed E-state index contributed by atoms with van der Waals surface area (Å²) in [6.07, 6.45) is 12.3. The number of fused-ring (bicyclic) bond motifs is 14. The average Bonchev–Trinajstić information content (AvgIpc) is 3.85. The minimum atomic E-state index is -0.0746. The van der Waals surface area contributed by atoms with Gasteiger partial charge in [-0.15, -0.1) is 0 Å². The molecule has 4 unspecified atom stereocenters. The maximum atomic E-state index is 6.69. The van der Waals surface area contributed by atoms with Crippen LogP contribution in [0.25, 0.3) is 21.9 Å². The van der Waals surface area contributed by atoms with Gasteiger partial charge in [0, 0.05) is 50.3 Å².